The van der Waals surface area contributed by atoms with Gasteiger partial charge in [-0.05, 0) is 20.3 Å². The Labute approximate surface area is 78.7 Å². The maximum absolute atomic E-state index is 11.4. The van der Waals surface area contributed by atoms with E-state index in [0.29, 0.717) is 19.6 Å². The van der Waals surface area contributed by atoms with Gasteiger partial charge in [0.1, 0.15) is 0 Å². The highest BCUT2D eigenvalue weighted by atomic mass is 16.5. The number of hydrogen-bond donors (Lipinski definition) is 0. The van der Waals surface area contributed by atoms with Crippen LogP contribution in [0.15, 0.2) is 11.1 Å². The monoisotopic (exact) mass is 184 g/mol. The molecule has 1 aliphatic rings. The van der Waals surface area contributed by atoms with Gasteiger partial charge < -0.3 is 9.47 Å². The summed E-state index contributed by atoms with van der Waals surface area (Å²) < 4.78 is 10.2. The molecule has 0 aromatic carbocycles. The van der Waals surface area contributed by atoms with E-state index in [1.54, 1.807) is 0 Å². The molecule has 0 aromatic rings. The summed E-state index contributed by atoms with van der Waals surface area (Å²) in [5.41, 5.74) is 1.91. The predicted molar refractivity (Wildman–Crippen MR) is 49.4 cm³/mol. The van der Waals surface area contributed by atoms with Gasteiger partial charge in [-0.2, -0.15) is 0 Å². The smallest absolute Gasteiger partial charge is 0.334 e. The highest BCUT2D eigenvalue weighted by Gasteiger charge is 2.16. The second kappa shape index (κ2) is 5.02. The molecular weight excluding hydrogens is 168 g/mol. The lowest BCUT2D eigenvalue weighted by Crippen LogP contribution is -2.10. The zero-order valence-electron chi connectivity index (χ0n) is 8.26. The fourth-order valence-corrected chi connectivity index (χ4v) is 1.36. The van der Waals surface area contributed by atoms with Crippen LogP contribution in [0.1, 0.15) is 26.7 Å². The Morgan fingerprint density at radius 2 is 2.15 bits per heavy atom. The largest absolute Gasteiger partial charge is 0.463 e. The lowest BCUT2D eigenvalue weighted by molar-refractivity contribution is -0.138. The lowest BCUT2D eigenvalue weighted by Gasteiger charge is -2.06. The number of carbonyl (C=O) groups excluding carboxylic acids is 1. The molecule has 0 aromatic heterocycles. The van der Waals surface area contributed by atoms with Gasteiger partial charge in [0.15, 0.2) is 0 Å². The van der Waals surface area contributed by atoms with Crippen LogP contribution in [0.3, 0.4) is 0 Å². The van der Waals surface area contributed by atoms with E-state index < -0.39 is 0 Å². The van der Waals surface area contributed by atoms with Gasteiger partial charge in [0.05, 0.1) is 19.8 Å². The molecule has 0 bridgehead atoms. The first-order valence-corrected chi connectivity index (χ1v) is 4.69. The van der Waals surface area contributed by atoms with Gasteiger partial charge in [0.25, 0.3) is 0 Å². The average molecular weight is 184 g/mol. The molecule has 0 atom stereocenters. The fourth-order valence-electron chi connectivity index (χ4n) is 1.36. The van der Waals surface area contributed by atoms with Crippen LogP contribution in [0.5, 0.6) is 0 Å². The molecule has 0 radical (unpaired) electrons. The summed E-state index contributed by atoms with van der Waals surface area (Å²) in [6.07, 6.45) is 1.53. The molecule has 1 rings (SSSR count). The number of hydrogen-bond acceptors (Lipinski definition) is 3. The lowest BCUT2D eigenvalue weighted by atomic mass is 10.1. The number of ether oxygens (including phenoxy) is 2. The van der Waals surface area contributed by atoms with Crippen molar-refractivity contribution in [3.8, 4) is 0 Å². The molecule has 0 saturated heterocycles. The zero-order valence-corrected chi connectivity index (χ0v) is 8.26. The third kappa shape index (κ3) is 2.84. The minimum absolute atomic E-state index is 0.175. The summed E-state index contributed by atoms with van der Waals surface area (Å²) in [7, 11) is 0. The SMILES string of the molecule is CCOC(=O)C1=C(C)CCOCC1. The van der Waals surface area contributed by atoms with Crippen LogP contribution in [-0.2, 0) is 14.3 Å². The first-order valence-electron chi connectivity index (χ1n) is 4.69. The first kappa shape index (κ1) is 10.3. The third-order valence-corrected chi connectivity index (χ3v) is 2.15. The average Bonchev–Trinajstić information content (AvgIpc) is 2.30. The van der Waals surface area contributed by atoms with Crippen molar-refractivity contribution < 1.29 is 14.3 Å². The quantitative estimate of drug-likeness (QED) is 0.612. The Morgan fingerprint density at radius 1 is 1.46 bits per heavy atom. The molecular formula is C10H16O3. The van der Waals surface area contributed by atoms with Crippen LogP contribution in [0.25, 0.3) is 0 Å². The van der Waals surface area contributed by atoms with E-state index in [1.807, 2.05) is 13.8 Å². The Hall–Kier alpha value is -0.830. The van der Waals surface area contributed by atoms with Crippen LogP contribution >= 0.6 is 0 Å². The number of esters is 1. The molecule has 3 heteroatoms. The standard InChI is InChI=1S/C10H16O3/c1-3-13-10(11)9-5-7-12-6-4-8(9)2/h3-7H2,1-2H3. The van der Waals surface area contributed by atoms with E-state index in [4.69, 9.17) is 9.47 Å². The van der Waals surface area contributed by atoms with Crippen molar-refractivity contribution in [2.45, 2.75) is 26.7 Å². The van der Waals surface area contributed by atoms with Gasteiger partial charge in [-0.1, -0.05) is 5.57 Å². The molecule has 3 nitrogen and oxygen atoms in total. The first-order chi connectivity index (χ1) is 6.25. The van der Waals surface area contributed by atoms with Crippen LogP contribution < -0.4 is 0 Å². The second-order valence-corrected chi connectivity index (χ2v) is 3.09. The van der Waals surface area contributed by atoms with Crippen LogP contribution in [-0.4, -0.2) is 25.8 Å². The van der Waals surface area contributed by atoms with Crippen LogP contribution in [0.2, 0.25) is 0 Å². The van der Waals surface area contributed by atoms with Gasteiger partial charge in [-0.15, -0.1) is 0 Å². The molecule has 0 amide bonds. The minimum atomic E-state index is -0.175. The van der Waals surface area contributed by atoms with E-state index in [-0.39, 0.29) is 5.97 Å². The Kier molecular flexibility index (Phi) is 3.96. The summed E-state index contributed by atoms with van der Waals surface area (Å²) in [4.78, 5) is 11.4. The molecule has 0 N–H and O–H groups in total. The molecule has 1 heterocycles. The molecule has 0 aliphatic carbocycles. The highest BCUT2D eigenvalue weighted by Crippen LogP contribution is 2.17. The summed E-state index contributed by atoms with van der Waals surface area (Å²) in [5.74, 6) is -0.175. The van der Waals surface area contributed by atoms with Crippen molar-refractivity contribution in [3.63, 3.8) is 0 Å². The summed E-state index contributed by atoms with van der Waals surface area (Å²) in [5, 5.41) is 0. The fraction of sp³-hybridized carbons (Fsp3) is 0.700. The Bertz CT molecular complexity index is 218. The van der Waals surface area contributed by atoms with E-state index in [9.17, 15) is 4.79 Å². The Balaban J connectivity index is 2.67. The van der Waals surface area contributed by atoms with Crippen LogP contribution in [0.4, 0.5) is 0 Å². The molecule has 0 unspecified atom stereocenters. The van der Waals surface area contributed by atoms with Crippen molar-refractivity contribution in [3.05, 3.63) is 11.1 Å². The highest BCUT2D eigenvalue weighted by molar-refractivity contribution is 5.89. The van der Waals surface area contributed by atoms with Gasteiger partial charge in [-0.3, -0.25) is 0 Å². The van der Waals surface area contributed by atoms with Gasteiger partial charge in [-0.25, -0.2) is 4.79 Å². The topological polar surface area (TPSA) is 35.5 Å². The van der Waals surface area contributed by atoms with E-state index in [2.05, 4.69) is 0 Å². The van der Waals surface area contributed by atoms with Crippen molar-refractivity contribution in [2.75, 3.05) is 19.8 Å². The second-order valence-electron chi connectivity index (χ2n) is 3.09. The normalized spacial score (nSPS) is 18.3. The van der Waals surface area contributed by atoms with Gasteiger partial charge in [0, 0.05) is 12.0 Å². The zero-order chi connectivity index (χ0) is 9.68. The maximum Gasteiger partial charge on any atom is 0.334 e. The third-order valence-electron chi connectivity index (χ3n) is 2.15. The summed E-state index contributed by atoms with van der Waals surface area (Å²) in [6, 6.07) is 0. The van der Waals surface area contributed by atoms with Crippen molar-refractivity contribution in [1.29, 1.82) is 0 Å². The molecule has 13 heavy (non-hydrogen) atoms. The molecule has 74 valence electrons. The van der Waals surface area contributed by atoms with Gasteiger partial charge in [0.2, 0.25) is 0 Å². The van der Waals surface area contributed by atoms with Crippen LogP contribution in [0, 0.1) is 0 Å². The van der Waals surface area contributed by atoms with E-state index >= 15 is 0 Å². The van der Waals surface area contributed by atoms with Crippen molar-refractivity contribution in [1.82, 2.24) is 0 Å². The summed E-state index contributed by atoms with van der Waals surface area (Å²) in [6.45, 7) is 5.58. The van der Waals surface area contributed by atoms with Gasteiger partial charge >= 0.3 is 5.97 Å². The molecule has 0 spiro atoms. The molecule has 0 saturated carbocycles. The van der Waals surface area contributed by atoms with E-state index in [0.717, 1.165) is 24.2 Å². The number of carbonyl (C=O) groups is 1. The molecule has 1 aliphatic heterocycles. The van der Waals surface area contributed by atoms with Crippen molar-refractivity contribution >= 4 is 5.97 Å². The summed E-state index contributed by atoms with van der Waals surface area (Å²) >= 11 is 0. The predicted octanol–water partition coefficient (Wildman–Crippen LogP) is 1.68. The van der Waals surface area contributed by atoms with Crippen molar-refractivity contribution in [2.24, 2.45) is 0 Å². The number of rotatable bonds is 2. The Morgan fingerprint density at radius 3 is 2.85 bits per heavy atom. The van der Waals surface area contributed by atoms with E-state index in [1.165, 1.54) is 0 Å². The molecule has 0 fully saturated rings. The minimum Gasteiger partial charge on any atom is -0.463 e. The maximum atomic E-state index is 11.4.